The van der Waals surface area contributed by atoms with Gasteiger partial charge >= 0.3 is 0 Å². The van der Waals surface area contributed by atoms with Crippen LogP contribution in [0.25, 0.3) is 0 Å². The molecular weight excluding hydrogens is 414 g/mol. The van der Waals surface area contributed by atoms with E-state index in [4.69, 9.17) is 4.74 Å². The third kappa shape index (κ3) is 5.08. The third-order valence-corrected chi connectivity index (χ3v) is 8.14. The second kappa shape index (κ2) is 9.38. The second-order valence-corrected chi connectivity index (χ2v) is 9.92. The normalized spacial score (nSPS) is 15.6. The first-order valence-electron chi connectivity index (χ1n) is 10.4. The Morgan fingerprint density at radius 1 is 0.968 bits per heavy atom. The van der Waals surface area contributed by atoms with Crippen molar-refractivity contribution < 1.29 is 17.9 Å². The molecule has 2 aromatic carbocycles. The Balaban J connectivity index is 1.62. The van der Waals surface area contributed by atoms with Crippen LogP contribution in [0.15, 0.2) is 35.2 Å². The van der Waals surface area contributed by atoms with Crippen molar-refractivity contribution >= 4 is 21.6 Å². The standard InChI is InChI=1S/C23H31N3O4S/c1-16-14-17(2)19(4)23(18(16)3)31(28,29)26-12-10-25(11-13-26)15-22(27)24-20-6-8-21(30-5)9-7-20/h6-9,14H,10-13,15H2,1-5H3,(H,24,27). The zero-order chi connectivity index (χ0) is 22.8. The number of hydrogen-bond donors (Lipinski definition) is 1. The lowest BCUT2D eigenvalue weighted by molar-refractivity contribution is -0.117. The molecule has 0 radical (unpaired) electrons. The maximum atomic E-state index is 13.4. The summed E-state index contributed by atoms with van der Waals surface area (Å²) in [5.74, 6) is 0.604. The van der Waals surface area contributed by atoms with Gasteiger partial charge in [-0.1, -0.05) is 6.07 Å². The van der Waals surface area contributed by atoms with Crippen molar-refractivity contribution in [2.45, 2.75) is 32.6 Å². The van der Waals surface area contributed by atoms with Gasteiger partial charge in [-0.3, -0.25) is 9.69 Å². The molecule has 1 amide bonds. The Labute approximate surface area is 185 Å². The molecule has 1 saturated heterocycles. The Morgan fingerprint density at radius 3 is 2.03 bits per heavy atom. The van der Waals surface area contributed by atoms with Gasteiger partial charge < -0.3 is 10.1 Å². The lowest BCUT2D eigenvalue weighted by Gasteiger charge is -2.34. The van der Waals surface area contributed by atoms with Crippen molar-refractivity contribution in [1.29, 1.82) is 0 Å². The summed E-state index contributed by atoms with van der Waals surface area (Å²) < 4.78 is 33.4. The SMILES string of the molecule is COc1ccc(NC(=O)CN2CCN(S(=O)(=O)c3c(C)c(C)cc(C)c3C)CC2)cc1. The number of nitrogens with one attached hydrogen (secondary N) is 1. The first-order chi connectivity index (χ1) is 14.6. The van der Waals surface area contributed by atoms with Crippen LogP contribution in [-0.4, -0.2) is 63.4 Å². The zero-order valence-corrected chi connectivity index (χ0v) is 19.7. The van der Waals surface area contributed by atoms with Crippen molar-refractivity contribution in [3.63, 3.8) is 0 Å². The van der Waals surface area contributed by atoms with Gasteiger partial charge in [0, 0.05) is 31.9 Å². The van der Waals surface area contributed by atoms with Crippen molar-refractivity contribution in [2.75, 3.05) is 45.2 Å². The topological polar surface area (TPSA) is 79.0 Å². The van der Waals surface area contributed by atoms with Crippen molar-refractivity contribution in [1.82, 2.24) is 9.21 Å². The quantitative estimate of drug-likeness (QED) is 0.740. The van der Waals surface area contributed by atoms with Crippen LogP contribution in [-0.2, 0) is 14.8 Å². The number of anilines is 1. The molecule has 1 fully saturated rings. The fourth-order valence-corrected chi connectivity index (χ4v) is 5.90. The van der Waals surface area contributed by atoms with Gasteiger partial charge in [-0.25, -0.2) is 8.42 Å². The van der Waals surface area contributed by atoms with E-state index in [1.165, 1.54) is 0 Å². The third-order valence-electron chi connectivity index (χ3n) is 5.97. The summed E-state index contributed by atoms with van der Waals surface area (Å²) in [4.78, 5) is 14.8. The van der Waals surface area contributed by atoms with Crippen LogP contribution in [0, 0.1) is 27.7 Å². The molecule has 0 saturated carbocycles. The van der Waals surface area contributed by atoms with Crippen LogP contribution in [0.2, 0.25) is 0 Å². The van der Waals surface area contributed by atoms with Gasteiger partial charge in [0.15, 0.2) is 0 Å². The molecule has 3 rings (SSSR count). The van der Waals surface area contributed by atoms with E-state index < -0.39 is 10.0 Å². The summed E-state index contributed by atoms with van der Waals surface area (Å²) in [5.41, 5.74) is 4.28. The van der Waals surface area contributed by atoms with Crippen LogP contribution in [0.1, 0.15) is 22.3 Å². The van der Waals surface area contributed by atoms with E-state index in [2.05, 4.69) is 5.32 Å². The van der Waals surface area contributed by atoms with E-state index in [-0.39, 0.29) is 12.5 Å². The number of hydrogen-bond acceptors (Lipinski definition) is 5. The van der Waals surface area contributed by atoms with E-state index in [0.29, 0.717) is 36.8 Å². The van der Waals surface area contributed by atoms with Crippen LogP contribution in [0.4, 0.5) is 5.69 Å². The van der Waals surface area contributed by atoms with Gasteiger partial charge in [-0.2, -0.15) is 4.31 Å². The molecule has 0 aliphatic carbocycles. The minimum Gasteiger partial charge on any atom is -0.497 e. The van der Waals surface area contributed by atoms with Gasteiger partial charge in [0.25, 0.3) is 0 Å². The summed E-state index contributed by atoms with van der Waals surface area (Å²) in [5, 5.41) is 2.87. The Kier molecular flexibility index (Phi) is 7.03. The summed E-state index contributed by atoms with van der Waals surface area (Å²) in [6.45, 7) is 9.61. The number of piperazine rings is 1. The molecule has 0 spiro atoms. The summed E-state index contributed by atoms with van der Waals surface area (Å²) >= 11 is 0. The van der Waals surface area contributed by atoms with Gasteiger partial charge in [0.05, 0.1) is 18.6 Å². The minimum absolute atomic E-state index is 0.123. The van der Waals surface area contributed by atoms with Crippen molar-refractivity contribution in [2.24, 2.45) is 0 Å². The molecule has 0 unspecified atom stereocenters. The minimum atomic E-state index is -3.58. The number of carbonyl (C=O) groups excluding carboxylic acids is 1. The monoisotopic (exact) mass is 445 g/mol. The maximum Gasteiger partial charge on any atom is 0.243 e. The number of sulfonamides is 1. The first-order valence-corrected chi connectivity index (χ1v) is 11.8. The van der Waals surface area contributed by atoms with E-state index in [0.717, 1.165) is 28.0 Å². The van der Waals surface area contributed by atoms with E-state index >= 15 is 0 Å². The Bertz CT molecular complexity index is 1030. The average Bonchev–Trinajstić information content (AvgIpc) is 2.73. The van der Waals surface area contributed by atoms with E-state index in [1.54, 1.807) is 35.7 Å². The molecule has 1 heterocycles. The highest BCUT2D eigenvalue weighted by Crippen LogP contribution is 2.29. The van der Waals surface area contributed by atoms with Gasteiger partial charge in [-0.15, -0.1) is 0 Å². The fourth-order valence-electron chi connectivity index (χ4n) is 3.90. The molecule has 0 aromatic heterocycles. The van der Waals surface area contributed by atoms with E-state index in [1.807, 2.05) is 38.7 Å². The highest BCUT2D eigenvalue weighted by Gasteiger charge is 2.32. The van der Waals surface area contributed by atoms with Crippen molar-refractivity contribution in [3.8, 4) is 5.75 Å². The fraction of sp³-hybridized carbons (Fsp3) is 0.435. The zero-order valence-electron chi connectivity index (χ0n) is 18.9. The number of nitrogens with zero attached hydrogens (tertiary/aromatic N) is 2. The average molecular weight is 446 g/mol. The predicted octanol–water partition coefficient (Wildman–Crippen LogP) is 2.87. The molecule has 1 aliphatic rings. The van der Waals surface area contributed by atoms with Crippen LogP contribution < -0.4 is 10.1 Å². The maximum absolute atomic E-state index is 13.4. The molecular formula is C23H31N3O4S. The number of ether oxygens (including phenoxy) is 1. The van der Waals surface area contributed by atoms with Gasteiger partial charge in [-0.05, 0) is 74.2 Å². The first kappa shape index (κ1) is 23.2. The van der Waals surface area contributed by atoms with Crippen molar-refractivity contribution in [3.05, 3.63) is 52.6 Å². The summed E-state index contributed by atoms with van der Waals surface area (Å²) in [6.07, 6.45) is 0. The largest absolute Gasteiger partial charge is 0.497 e. The summed E-state index contributed by atoms with van der Waals surface area (Å²) in [6, 6.07) is 9.18. The predicted molar refractivity (Wildman–Crippen MR) is 122 cm³/mol. The van der Waals surface area contributed by atoms with Gasteiger partial charge in [0.2, 0.25) is 15.9 Å². The Morgan fingerprint density at radius 2 is 1.52 bits per heavy atom. The molecule has 2 aromatic rings. The molecule has 1 N–H and O–H groups in total. The molecule has 0 atom stereocenters. The number of methoxy groups -OCH3 is 1. The number of rotatable bonds is 6. The molecule has 168 valence electrons. The molecule has 7 nitrogen and oxygen atoms in total. The van der Waals surface area contributed by atoms with Crippen LogP contribution >= 0.6 is 0 Å². The summed E-state index contributed by atoms with van der Waals surface area (Å²) in [7, 11) is -1.99. The molecule has 8 heteroatoms. The van der Waals surface area contributed by atoms with Crippen LogP contribution in [0.5, 0.6) is 5.75 Å². The Hall–Kier alpha value is -2.42. The number of amides is 1. The number of benzene rings is 2. The highest BCUT2D eigenvalue weighted by atomic mass is 32.2. The smallest absolute Gasteiger partial charge is 0.243 e. The van der Waals surface area contributed by atoms with Gasteiger partial charge in [0.1, 0.15) is 5.75 Å². The molecule has 31 heavy (non-hydrogen) atoms. The number of carbonyl (C=O) groups is 1. The lowest BCUT2D eigenvalue weighted by Crippen LogP contribution is -2.50. The van der Waals surface area contributed by atoms with E-state index in [9.17, 15) is 13.2 Å². The molecule has 0 bridgehead atoms. The van der Waals surface area contributed by atoms with Crippen LogP contribution in [0.3, 0.4) is 0 Å². The highest BCUT2D eigenvalue weighted by molar-refractivity contribution is 7.89. The molecule has 1 aliphatic heterocycles. The number of aryl methyl sites for hydroxylation is 2. The second-order valence-electron chi connectivity index (χ2n) is 8.05. The lowest BCUT2D eigenvalue weighted by atomic mass is 10.0.